The second-order valence-corrected chi connectivity index (χ2v) is 11.2. The lowest BCUT2D eigenvalue weighted by Gasteiger charge is -2.29. The molecule has 0 unspecified atom stereocenters. The number of amides is 2. The molecule has 10 heteroatoms. The number of unbranched alkanes of at least 4 members (excludes halogenated alkanes) is 2. The fraction of sp³-hybridized carbons (Fsp3) is 0.722. The van der Waals surface area contributed by atoms with Crippen LogP contribution in [0.3, 0.4) is 0 Å². The normalized spacial score (nSPS) is 14.5. The van der Waals surface area contributed by atoms with Gasteiger partial charge in [-0.3, -0.25) is 4.79 Å². The molecular formula is C18H29N3O5S2. The van der Waals surface area contributed by atoms with Gasteiger partial charge < -0.3 is 15.0 Å². The first-order chi connectivity index (χ1) is 13.0. The van der Waals surface area contributed by atoms with Crippen LogP contribution < -0.4 is 5.32 Å². The molecule has 1 aromatic rings. The van der Waals surface area contributed by atoms with E-state index in [0.717, 1.165) is 23.4 Å². The molecule has 0 atom stereocenters. The standard InChI is InChI=1S/C18H29N3O5S2/c1-5-6-7-10-28(24,25)12-15(22)20-16-19-13-8-9-21(11-14(13)27-16)17(23)26-18(2,3)4/h5-12H2,1-4H3,(H,19,20,22). The Balaban J connectivity index is 1.93. The van der Waals surface area contributed by atoms with Gasteiger partial charge in [0.25, 0.3) is 0 Å². The summed E-state index contributed by atoms with van der Waals surface area (Å²) in [6.45, 7) is 8.30. The topological polar surface area (TPSA) is 106 Å². The molecule has 1 N–H and O–H groups in total. The van der Waals surface area contributed by atoms with E-state index in [2.05, 4.69) is 10.3 Å². The molecule has 2 amide bonds. The highest BCUT2D eigenvalue weighted by atomic mass is 32.2. The Morgan fingerprint density at radius 3 is 2.64 bits per heavy atom. The Labute approximate surface area is 170 Å². The third-order valence-electron chi connectivity index (χ3n) is 4.04. The van der Waals surface area contributed by atoms with Crippen molar-refractivity contribution in [2.75, 3.05) is 23.4 Å². The van der Waals surface area contributed by atoms with Crippen molar-refractivity contribution in [1.82, 2.24) is 9.88 Å². The number of nitrogens with zero attached hydrogens (tertiary/aromatic N) is 2. The minimum absolute atomic E-state index is 0.0213. The number of carbonyl (C=O) groups is 2. The number of aromatic nitrogens is 1. The third-order valence-corrected chi connectivity index (χ3v) is 6.65. The van der Waals surface area contributed by atoms with Gasteiger partial charge in [-0.25, -0.2) is 18.2 Å². The monoisotopic (exact) mass is 431 g/mol. The van der Waals surface area contributed by atoms with Gasteiger partial charge in [-0.2, -0.15) is 0 Å². The van der Waals surface area contributed by atoms with Crippen LogP contribution in [0, 0.1) is 0 Å². The molecule has 0 bridgehead atoms. The maximum Gasteiger partial charge on any atom is 0.410 e. The zero-order valence-electron chi connectivity index (χ0n) is 16.9. The summed E-state index contributed by atoms with van der Waals surface area (Å²) >= 11 is 1.26. The number of thiazole rings is 1. The van der Waals surface area contributed by atoms with Crippen molar-refractivity contribution in [3.8, 4) is 0 Å². The summed E-state index contributed by atoms with van der Waals surface area (Å²) in [6.07, 6.45) is 2.50. The first kappa shape index (κ1) is 22.6. The van der Waals surface area contributed by atoms with Gasteiger partial charge in [0.05, 0.1) is 18.0 Å². The van der Waals surface area contributed by atoms with Crippen LogP contribution in [-0.4, -0.2) is 54.0 Å². The first-order valence-electron chi connectivity index (χ1n) is 9.46. The molecule has 0 aliphatic carbocycles. The van der Waals surface area contributed by atoms with E-state index in [0.29, 0.717) is 31.1 Å². The maximum atomic E-state index is 12.2. The minimum atomic E-state index is -3.42. The van der Waals surface area contributed by atoms with Crippen LogP contribution in [0.1, 0.15) is 57.5 Å². The van der Waals surface area contributed by atoms with Gasteiger partial charge in [0.2, 0.25) is 5.91 Å². The smallest absolute Gasteiger partial charge is 0.410 e. The number of carbonyl (C=O) groups excluding carboxylic acids is 2. The Morgan fingerprint density at radius 2 is 2.00 bits per heavy atom. The van der Waals surface area contributed by atoms with Gasteiger partial charge in [-0.15, -0.1) is 0 Å². The van der Waals surface area contributed by atoms with Crippen LogP contribution in [0.4, 0.5) is 9.93 Å². The number of hydrogen-bond donors (Lipinski definition) is 1. The summed E-state index contributed by atoms with van der Waals surface area (Å²) in [4.78, 5) is 31.2. The van der Waals surface area contributed by atoms with Gasteiger partial charge >= 0.3 is 6.09 Å². The predicted molar refractivity (Wildman–Crippen MR) is 109 cm³/mol. The second kappa shape index (κ2) is 9.21. The largest absolute Gasteiger partial charge is 0.444 e. The molecule has 2 heterocycles. The van der Waals surface area contributed by atoms with E-state index >= 15 is 0 Å². The zero-order valence-corrected chi connectivity index (χ0v) is 18.5. The van der Waals surface area contributed by atoms with Crippen molar-refractivity contribution in [1.29, 1.82) is 0 Å². The Bertz CT molecular complexity index is 812. The fourth-order valence-corrected chi connectivity index (χ4v) is 5.03. The van der Waals surface area contributed by atoms with Crippen molar-refractivity contribution in [3.63, 3.8) is 0 Å². The highest BCUT2D eigenvalue weighted by molar-refractivity contribution is 7.92. The lowest BCUT2D eigenvalue weighted by atomic mass is 10.2. The van der Waals surface area contributed by atoms with Crippen LogP contribution >= 0.6 is 11.3 Å². The third kappa shape index (κ3) is 7.05. The zero-order chi connectivity index (χ0) is 20.9. The van der Waals surface area contributed by atoms with E-state index in [1.54, 1.807) is 4.90 Å². The van der Waals surface area contributed by atoms with Gasteiger partial charge in [-0.1, -0.05) is 31.1 Å². The summed E-state index contributed by atoms with van der Waals surface area (Å²) in [7, 11) is -3.42. The van der Waals surface area contributed by atoms with Crippen LogP contribution in [0.15, 0.2) is 0 Å². The number of anilines is 1. The van der Waals surface area contributed by atoms with Crippen LogP contribution in [0.25, 0.3) is 0 Å². The van der Waals surface area contributed by atoms with Crippen LogP contribution in [0.5, 0.6) is 0 Å². The molecule has 0 saturated carbocycles. The SMILES string of the molecule is CCCCCS(=O)(=O)CC(=O)Nc1nc2c(s1)CN(C(=O)OC(C)(C)C)CC2. The average Bonchev–Trinajstić information content (AvgIpc) is 2.93. The predicted octanol–water partition coefficient (Wildman–Crippen LogP) is 2.98. The number of hydrogen-bond acceptors (Lipinski definition) is 7. The molecule has 8 nitrogen and oxygen atoms in total. The first-order valence-corrected chi connectivity index (χ1v) is 12.1. The van der Waals surface area contributed by atoms with Crippen LogP contribution in [0.2, 0.25) is 0 Å². The molecular weight excluding hydrogens is 402 g/mol. The quantitative estimate of drug-likeness (QED) is 0.665. The molecule has 0 radical (unpaired) electrons. The van der Waals surface area contributed by atoms with E-state index in [4.69, 9.17) is 4.74 Å². The number of ether oxygens (including phenoxy) is 1. The molecule has 1 aliphatic heterocycles. The van der Waals surface area contributed by atoms with E-state index in [9.17, 15) is 18.0 Å². The van der Waals surface area contributed by atoms with Crippen molar-refractivity contribution in [2.45, 2.75) is 65.5 Å². The Morgan fingerprint density at radius 1 is 1.29 bits per heavy atom. The summed E-state index contributed by atoms with van der Waals surface area (Å²) in [5.74, 6) is -1.09. The van der Waals surface area contributed by atoms with Crippen molar-refractivity contribution in [3.05, 3.63) is 10.6 Å². The molecule has 0 fully saturated rings. The fourth-order valence-electron chi connectivity index (χ4n) is 2.73. The molecule has 0 aromatic carbocycles. The lowest BCUT2D eigenvalue weighted by Crippen LogP contribution is -2.39. The number of rotatable bonds is 7. The van der Waals surface area contributed by atoms with E-state index < -0.39 is 27.1 Å². The molecule has 158 valence electrons. The average molecular weight is 432 g/mol. The number of nitrogens with one attached hydrogen (secondary N) is 1. The highest BCUT2D eigenvalue weighted by Crippen LogP contribution is 2.29. The van der Waals surface area contributed by atoms with E-state index in [1.807, 2.05) is 27.7 Å². The van der Waals surface area contributed by atoms with Gasteiger partial charge in [0.15, 0.2) is 15.0 Å². The molecule has 1 aromatic heterocycles. The molecule has 0 spiro atoms. The van der Waals surface area contributed by atoms with Gasteiger partial charge in [0.1, 0.15) is 11.4 Å². The Hall–Kier alpha value is -1.68. The minimum Gasteiger partial charge on any atom is -0.444 e. The van der Waals surface area contributed by atoms with Crippen molar-refractivity contribution < 1.29 is 22.7 Å². The summed E-state index contributed by atoms with van der Waals surface area (Å²) < 4.78 is 29.4. The maximum absolute atomic E-state index is 12.2. The van der Waals surface area contributed by atoms with E-state index in [-0.39, 0.29) is 11.8 Å². The number of sulfone groups is 1. The summed E-state index contributed by atoms with van der Waals surface area (Å²) in [5.41, 5.74) is 0.262. The molecule has 1 aliphatic rings. The number of fused-ring (bicyclic) bond motifs is 1. The molecule has 0 saturated heterocycles. The Kier molecular flexibility index (Phi) is 7.44. The van der Waals surface area contributed by atoms with Crippen molar-refractivity contribution >= 4 is 38.3 Å². The van der Waals surface area contributed by atoms with Gasteiger partial charge in [0, 0.05) is 17.8 Å². The van der Waals surface area contributed by atoms with Crippen LogP contribution in [-0.2, 0) is 32.3 Å². The molecule has 28 heavy (non-hydrogen) atoms. The summed E-state index contributed by atoms with van der Waals surface area (Å²) in [5, 5.41) is 2.95. The van der Waals surface area contributed by atoms with E-state index in [1.165, 1.54) is 11.3 Å². The second-order valence-electron chi connectivity index (χ2n) is 7.89. The summed E-state index contributed by atoms with van der Waals surface area (Å²) in [6, 6.07) is 0. The molecule has 2 rings (SSSR count). The van der Waals surface area contributed by atoms with Crippen molar-refractivity contribution in [2.24, 2.45) is 0 Å². The lowest BCUT2D eigenvalue weighted by molar-refractivity contribution is -0.113. The highest BCUT2D eigenvalue weighted by Gasteiger charge is 2.28. The van der Waals surface area contributed by atoms with Gasteiger partial charge in [-0.05, 0) is 27.2 Å².